The number of nitrogens with two attached hydrogens (primary N) is 1. The third-order valence-corrected chi connectivity index (χ3v) is 3.41. The molecule has 0 aromatic carbocycles. The molecule has 1 heterocycles. The summed E-state index contributed by atoms with van der Waals surface area (Å²) in [4.78, 5) is 4.51. The quantitative estimate of drug-likeness (QED) is 0.800. The van der Waals surface area contributed by atoms with E-state index in [1.807, 2.05) is 0 Å². The molecule has 5 heteroatoms. The van der Waals surface area contributed by atoms with Crippen molar-refractivity contribution in [3.05, 3.63) is 5.82 Å². The van der Waals surface area contributed by atoms with E-state index >= 15 is 0 Å². The van der Waals surface area contributed by atoms with Gasteiger partial charge in [0.15, 0.2) is 0 Å². The molecule has 0 amide bonds. The second-order valence-electron chi connectivity index (χ2n) is 4.94. The molecule has 90 valence electrons. The highest BCUT2D eigenvalue weighted by atomic mass is 32.1. The molecule has 1 fully saturated rings. The van der Waals surface area contributed by atoms with Crippen LogP contribution in [0.4, 0.5) is 5.13 Å². The first-order valence-electron chi connectivity index (χ1n) is 5.99. The lowest BCUT2D eigenvalue weighted by atomic mass is 10.0. The van der Waals surface area contributed by atoms with Crippen molar-refractivity contribution < 1.29 is 0 Å². The highest BCUT2D eigenvalue weighted by Crippen LogP contribution is 2.39. The maximum atomic E-state index is 5.74. The average molecular weight is 240 g/mol. The Balaban J connectivity index is 1.90. The Hall–Kier alpha value is -0.680. The van der Waals surface area contributed by atoms with Gasteiger partial charge >= 0.3 is 0 Å². The molecule has 16 heavy (non-hydrogen) atoms. The first kappa shape index (κ1) is 11.8. The van der Waals surface area contributed by atoms with Gasteiger partial charge < -0.3 is 11.1 Å². The van der Waals surface area contributed by atoms with E-state index in [0.29, 0.717) is 24.4 Å². The number of nitrogens with one attached hydrogen (secondary N) is 1. The van der Waals surface area contributed by atoms with Crippen LogP contribution >= 0.6 is 11.5 Å². The van der Waals surface area contributed by atoms with Crippen LogP contribution in [0.5, 0.6) is 0 Å². The van der Waals surface area contributed by atoms with E-state index in [2.05, 4.69) is 28.5 Å². The van der Waals surface area contributed by atoms with Crippen molar-refractivity contribution in [2.75, 3.05) is 11.9 Å². The number of hydrogen-bond donors (Lipinski definition) is 2. The van der Waals surface area contributed by atoms with Gasteiger partial charge in [0.05, 0.1) is 0 Å². The molecule has 2 rings (SSSR count). The first-order valence-corrected chi connectivity index (χ1v) is 6.76. The summed E-state index contributed by atoms with van der Waals surface area (Å²) in [6, 6.07) is 0.319. The smallest absolute Gasteiger partial charge is 0.202 e. The van der Waals surface area contributed by atoms with Gasteiger partial charge in [-0.15, -0.1) is 0 Å². The lowest BCUT2D eigenvalue weighted by Crippen LogP contribution is -2.30. The molecule has 0 bridgehead atoms. The molecule has 3 N–H and O–H groups in total. The number of aromatic nitrogens is 2. The largest absolute Gasteiger partial charge is 0.356 e. The van der Waals surface area contributed by atoms with Gasteiger partial charge in [0.1, 0.15) is 5.82 Å². The molecule has 1 aliphatic rings. The monoisotopic (exact) mass is 240 g/mol. The van der Waals surface area contributed by atoms with Crippen LogP contribution in [-0.2, 0) is 0 Å². The van der Waals surface area contributed by atoms with Crippen LogP contribution in [0.15, 0.2) is 0 Å². The molecule has 1 unspecified atom stereocenters. The van der Waals surface area contributed by atoms with Gasteiger partial charge in [0, 0.05) is 30.0 Å². The molecule has 1 aliphatic carbocycles. The van der Waals surface area contributed by atoms with E-state index in [0.717, 1.165) is 17.4 Å². The van der Waals surface area contributed by atoms with Gasteiger partial charge in [0.25, 0.3) is 0 Å². The Morgan fingerprint density at radius 2 is 2.25 bits per heavy atom. The predicted molar refractivity (Wildman–Crippen MR) is 67.8 cm³/mol. The highest BCUT2D eigenvalue weighted by Gasteiger charge is 2.28. The van der Waals surface area contributed by atoms with Crippen LogP contribution in [0.3, 0.4) is 0 Å². The van der Waals surface area contributed by atoms with E-state index in [9.17, 15) is 0 Å². The summed E-state index contributed by atoms with van der Waals surface area (Å²) in [5.74, 6) is 2.30. The van der Waals surface area contributed by atoms with Crippen LogP contribution in [0, 0.1) is 5.92 Å². The zero-order chi connectivity index (χ0) is 11.5. The van der Waals surface area contributed by atoms with E-state index in [4.69, 9.17) is 5.73 Å². The summed E-state index contributed by atoms with van der Waals surface area (Å²) >= 11 is 1.46. The molecular formula is C11H20N4S. The average Bonchev–Trinajstić information content (AvgIpc) is 2.98. The van der Waals surface area contributed by atoms with Crippen molar-refractivity contribution in [2.24, 2.45) is 11.7 Å². The zero-order valence-corrected chi connectivity index (χ0v) is 10.8. The number of anilines is 1. The minimum absolute atomic E-state index is 0.319. The molecule has 1 saturated carbocycles. The van der Waals surface area contributed by atoms with Crippen LogP contribution in [0.2, 0.25) is 0 Å². The summed E-state index contributed by atoms with van der Waals surface area (Å²) in [5, 5.41) is 4.31. The fourth-order valence-corrected chi connectivity index (χ4v) is 2.48. The first-order chi connectivity index (χ1) is 7.69. The van der Waals surface area contributed by atoms with Crippen LogP contribution in [-0.4, -0.2) is 21.9 Å². The summed E-state index contributed by atoms with van der Waals surface area (Å²) in [6.45, 7) is 5.07. The van der Waals surface area contributed by atoms with Gasteiger partial charge in [-0.2, -0.15) is 4.37 Å². The fourth-order valence-electron chi connectivity index (χ4n) is 1.76. The van der Waals surface area contributed by atoms with E-state index in [-0.39, 0.29) is 0 Å². The van der Waals surface area contributed by atoms with Crippen molar-refractivity contribution in [2.45, 2.75) is 45.1 Å². The Bertz CT molecular complexity index is 332. The molecule has 1 aromatic rings. The van der Waals surface area contributed by atoms with Gasteiger partial charge in [-0.1, -0.05) is 13.8 Å². The second-order valence-corrected chi connectivity index (χ2v) is 5.69. The van der Waals surface area contributed by atoms with E-state index in [1.165, 1.54) is 24.4 Å². The second kappa shape index (κ2) is 5.10. The van der Waals surface area contributed by atoms with Crippen LogP contribution in [0.1, 0.15) is 44.9 Å². The van der Waals surface area contributed by atoms with Gasteiger partial charge in [0.2, 0.25) is 5.13 Å². The summed E-state index contributed by atoms with van der Waals surface area (Å²) in [7, 11) is 0. The standard InChI is InChI=1S/C11H20N4S/c1-7(2)5-9(6-12)13-11-14-10(15-16-11)8-3-4-8/h7-9H,3-6,12H2,1-2H3,(H,13,14,15). The highest BCUT2D eigenvalue weighted by molar-refractivity contribution is 7.09. The summed E-state index contributed by atoms with van der Waals surface area (Å²) in [5.41, 5.74) is 5.74. The predicted octanol–water partition coefficient (Wildman–Crippen LogP) is 2.20. The molecule has 1 atom stereocenters. The molecule has 4 nitrogen and oxygen atoms in total. The van der Waals surface area contributed by atoms with Crippen LogP contribution in [0.25, 0.3) is 0 Å². The van der Waals surface area contributed by atoms with E-state index < -0.39 is 0 Å². The Morgan fingerprint density at radius 3 is 2.81 bits per heavy atom. The van der Waals surface area contributed by atoms with E-state index in [1.54, 1.807) is 0 Å². The van der Waals surface area contributed by atoms with Crippen molar-refractivity contribution in [1.29, 1.82) is 0 Å². The van der Waals surface area contributed by atoms with Gasteiger partial charge in [-0.3, -0.25) is 0 Å². The van der Waals surface area contributed by atoms with Crippen molar-refractivity contribution in [3.8, 4) is 0 Å². The van der Waals surface area contributed by atoms with Crippen LogP contribution < -0.4 is 11.1 Å². The lowest BCUT2D eigenvalue weighted by molar-refractivity contribution is 0.521. The molecule has 1 aromatic heterocycles. The SMILES string of the molecule is CC(C)CC(CN)Nc1nc(C2CC2)ns1. The topological polar surface area (TPSA) is 63.8 Å². The molecule has 0 aliphatic heterocycles. The number of nitrogens with zero attached hydrogens (tertiary/aromatic N) is 2. The van der Waals surface area contributed by atoms with Crippen molar-refractivity contribution in [3.63, 3.8) is 0 Å². The Labute approximate surface area is 101 Å². The fraction of sp³-hybridized carbons (Fsp3) is 0.818. The van der Waals surface area contributed by atoms with Gasteiger partial charge in [-0.05, 0) is 25.2 Å². The van der Waals surface area contributed by atoms with Crippen molar-refractivity contribution in [1.82, 2.24) is 9.36 Å². The molecule has 0 radical (unpaired) electrons. The summed E-state index contributed by atoms with van der Waals surface area (Å²) in [6.07, 6.45) is 3.58. The van der Waals surface area contributed by atoms with Gasteiger partial charge in [-0.25, -0.2) is 4.98 Å². The van der Waals surface area contributed by atoms with Crippen molar-refractivity contribution >= 4 is 16.7 Å². The summed E-state index contributed by atoms with van der Waals surface area (Å²) < 4.78 is 4.37. The molecule has 0 saturated heterocycles. The zero-order valence-electron chi connectivity index (χ0n) is 9.94. The number of rotatable bonds is 6. The Kier molecular flexibility index (Phi) is 3.76. The third kappa shape index (κ3) is 3.15. The molecular weight excluding hydrogens is 220 g/mol. The lowest BCUT2D eigenvalue weighted by Gasteiger charge is -2.17. The number of hydrogen-bond acceptors (Lipinski definition) is 5. The minimum atomic E-state index is 0.319. The minimum Gasteiger partial charge on any atom is -0.356 e. The maximum absolute atomic E-state index is 5.74. The normalized spacial score (nSPS) is 17.8. The molecule has 0 spiro atoms. The Morgan fingerprint density at radius 1 is 1.50 bits per heavy atom. The maximum Gasteiger partial charge on any atom is 0.202 e. The third-order valence-electron chi connectivity index (χ3n) is 2.75.